The number of aromatic carboxylic acids is 1. The molecule has 18 heavy (non-hydrogen) atoms. The van der Waals surface area contributed by atoms with Crippen LogP contribution in [0.3, 0.4) is 0 Å². The third-order valence-electron chi connectivity index (χ3n) is 3.23. The molecule has 0 fully saturated rings. The molecule has 1 aromatic rings. The minimum absolute atomic E-state index is 0.0000491. The predicted octanol–water partition coefficient (Wildman–Crippen LogP) is 1.45. The van der Waals surface area contributed by atoms with Crippen LogP contribution in [0, 0.1) is 0 Å². The minimum atomic E-state index is -0.962. The largest absolute Gasteiger partial charge is 0.478 e. The van der Waals surface area contributed by atoms with Crippen LogP contribution in [-0.2, 0) is 12.8 Å². The lowest BCUT2D eigenvalue weighted by atomic mass is 10.1. The second kappa shape index (κ2) is 5.35. The van der Waals surface area contributed by atoms with E-state index in [2.05, 4.69) is 10.3 Å². The summed E-state index contributed by atoms with van der Waals surface area (Å²) in [6.45, 7) is 1.97. The highest BCUT2D eigenvalue weighted by Crippen LogP contribution is 2.25. The summed E-state index contributed by atoms with van der Waals surface area (Å²) < 4.78 is 0. The number of anilines is 1. The van der Waals surface area contributed by atoms with Crippen molar-refractivity contribution < 1.29 is 15.0 Å². The van der Waals surface area contributed by atoms with Gasteiger partial charge >= 0.3 is 5.97 Å². The first-order chi connectivity index (χ1) is 8.61. The smallest absolute Gasteiger partial charge is 0.339 e. The van der Waals surface area contributed by atoms with Gasteiger partial charge in [-0.1, -0.05) is 0 Å². The molecule has 0 saturated heterocycles. The highest BCUT2D eigenvalue weighted by Gasteiger charge is 2.20. The highest BCUT2D eigenvalue weighted by molar-refractivity contribution is 5.93. The second-order valence-electron chi connectivity index (χ2n) is 4.71. The number of pyridine rings is 1. The van der Waals surface area contributed by atoms with Crippen LogP contribution in [0.5, 0.6) is 0 Å². The van der Waals surface area contributed by atoms with E-state index in [1.165, 1.54) is 0 Å². The molecule has 0 amide bonds. The number of hydrogen-bond donors (Lipinski definition) is 3. The van der Waals surface area contributed by atoms with Gasteiger partial charge in [-0.05, 0) is 44.2 Å². The van der Waals surface area contributed by atoms with Gasteiger partial charge in [-0.25, -0.2) is 9.78 Å². The number of aliphatic hydroxyl groups excluding tert-OH is 1. The van der Waals surface area contributed by atoms with Crippen molar-refractivity contribution in [3.63, 3.8) is 0 Å². The fourth-order valence-electron chi connectivity index (χ4n) is 2.24. The molecule has 0 aromatic carbocycles. The van der Waals surface area contributed by atoms with Crippen molar-refractivity contribution in [3.8, 4) is 0 Å². The van der Waals surface area contributed by atoms with Gasteiger partial charge < -0.3 is 15.5 Å². The molecule has 1 aliphatic rings. The Balaban J connectivity index is 2.29. The van der Waals surface area contributed by atoms with Crippen LogP contribution in [0.25, 0.3) is 0 Å². The number of carbonyl (C=O) groups is 1. The molecule has 2 rings (SSSR count). The third kappa shape index (κ3) is 2.61. The molecule has 5 heteroatoms. The standard InChI is InChI=1S/C13H18N2O3/c1-8(5-6-16)14-12-10(13(17)18)7-9-3-2-4-11(9)15-12/h7-8,16H,2-6H2,1H3,(H,14,15)(H,17,18). The number of nitrogens with zero attached hydrogens (tertiary/aromatic N) is 1. The zero-order valence-electron chi connectivity index (χ0n) is 10.4. The molecule has 1 aliphatic carbocycles. The van der Waals surface area contributed by atoms with Gasteiger partial charge in [-0.3, -0.25) is 0 Å². The van der Waals surface area contributed by atoms with E-state index < -0.39 is 5.97 Å². The van der Waals surface area contributed by atoms with E-state index in [1.807, 2.05) is 6.92 Å². The van der Waals surface area contributed by atoms with Crippen molar-refractivity contribution in [2.45, 2.75) is 38.6 Å². The van der Waals surface area contributed by atoms with Crippen LogP contribution in [0.15, 0.2) is 6.07 Å². The van der Waals surface area contributed by atoms with Crippen molar-refractivity contribution in [1.82, 2.24) is 4.98 Å². The van der Waals surface area contributed by atoms with Crippen molar-refractivity contribution in [2.75, 3.05) is 11.9 Å². The van der Waals surface area contributed by atoms with Crippen LogP contribution in [0.2, 0.25) is 0 Å². The molecule has 1 atom stereocenters. The quantitative estimate of drug-likeness (QED) is 0.736. The van der Waals surface area contributed by atoms with E-state index in [4.69, 9.17) is 5.11 Å². The Hall–Kier alpha value is -1.62. The first-order valence-electron chi connectivity index (χ1n) is 6.25. The Morgan fingerprint density at radius 1 is 1.56 bits per heavy atom. The van der Waals surface area contributed by atoms with E-state index in [9.17, 15) is 9.90 Å². The molecule has 1 unspecified atom stereocenters. The Morgan fingerprint density at radius 3 is 3.00 bits per heavy atom. The second-order valence-corrected chi connectivity index (χ2v) is 4.71. The van der Waals surface area contributed by atoms with Crippen molar-refractivity contribution in [2.24, 2.45) is 0 Å². The molecular formula is C13H18N2O3. The fourth-order valence-corrected chi connectivity index (χ4v) is 2.24. The van der Waals surface area contributed by atoms with Gasteiger partial charge in [0.15, 0.2) is 0 Å². The highest BCUT2D eigenvalue weighted by atomic mass is 16.4. The summed E-state index contributed by atoms with van der Waals surface area (Å²) in [5.74, 6) is -0.542. The Kier molecular flexibility index (Phi) is 3.81. The molecule has 0 radical (unpaired) electrons. The first kappa shape index (κ1) is 12.8. The van der Waals surface area contributed by atoms with Crippen LogP contribution in [-0.4, -0.2) is 33.8 Å². The number of aryl methyl sites for hydroxylation is 2. The minimum Gasteiger partial charge on any atom is -0.478 e. The van der Waals surface area contributed by atoms with E-state index in [-0.39, 0.29) is 18.2 Å². The van der Waals surface area contributed by atoms with Gasteiger partial charge in [-0.2, -0.15) is 0 Å². The topological polar surface area (TPSA) is 82.5 Å². The van der Waals surface area contributed by atoms with E-state index in [0.29, 0.717) is 12.2 Å². The van der Waals surface area contributed by atoms with E-state index >= 15 is 0 Å². The molecule has 3 N–H and O–H groups in total. The normalized spacial score (nSPS) is 15.2. The molecular weight excluding hydrogens is 232 g/mol. The van der Waals surface area contributed by atoms with Gasteiger partial charge in [-0.15, -0.1) is 0 Å². The summed E-state index contributed by atoms with van der Waals surface area (Å²) in [6, 6.07) is 1.73. The molecule has 0 aliphatic heterocycles. The maximum Gasteiger partial charge on any atom is 0.339 e. The summed E-state index contributed by atoms with van der Waals surface area (Å²) in [4.78, 5) is 15.7. The maximum atomic E-state index is 11.2. The molecule has 0 spiro atoms. The summed E-state index contributed by atoms with van der Waals surface area (Å²) >= 11 is 0. The summed E-state index contributed by atoms with van der Waals surface area (Å²) in [5.41, 5.74) is 2.27. The monoisotopic (exact) mass is 250 g/mol. The summed E-state index contributed by atoms with van der Waals surface area (Å²) in [6.07, 6.45) is 3.43. The molecule has 1 heterocycles. The lowest BCUT2D eigenvalue weighted by molar-refractivity contribution is 0.0697. The number of carboxylic acid groups (broad SMARTS) is 1. The molecule has 98 valence electrons. The Morgan fingerprint density at radius 2 is 2.33 bits per heavy atom. The Bertz CT molecular complexity index is 460. The number of fused-ring (bicyclic) bond motifs is 1. The van der Waals surface area contributed by atoms with Crippen molar-refractivity contribution >= 4 is 11.8 Å². The number of aromatic nitrogens is 1. The summed E-state index contributed by atoms with van der Waals surface area (Å²) in [5, 5.41) is 21.2. The number of rotatable bonds is 5. The number of nitrogens with one attached hydrogen (secondary N) is 1. The Labute approximate surface area is 106 Å². The van der Waals surface area contributed by atoms with Crippen molar-refractivity contribution in [1.29, 1.82) is 0 Å². The van der Waals surface area contributed by atoms with Gasteiger partial charge in [0.25, 0.3) is 0 Å². The average molecular weight is 250 g/mol. The number of aliphatic hydroxyl groups is 1. The SMILES string of the molecule is CC(CCO)Nc1nc2c(cc1C(=O)O)CCC2. The van der Waals surface area contributed by atoms with Crippen molar-refractivity contribution in [3.05, 3.63) is 22.9 Å². The van der Waals surface area contributed by atoms with Crippen LogP contribution >= 0.6 is 0 Å². The first-order valence-corrected chi connectivity index (χ1v) is 6.25. The molecule has 5 nitrogen and oxygen atoms in total. The summed E-state index contributed by atoms with van der Waals surface area (Å²) in [7, 11) is 0. The third-order valence-corrected chi connectivity index (χ3v) is 3.23. The lowest BCUT2D eigenvalue weighted by Gasteiger charge is -2.16. The zero-order chi connectivity index (χ0) is 13.1. The predicted molar refractivity (Wildman–Crippen MR) is 68.0 cm³/mol. The van der Waals surface area contributed by atoms with Crippen LogP contribution in [0.4, 0.5) is 5.82 Å². The lowest BCUT2D eigenvalue weighted by Crippen LogP contribution is -2.20. The van der Waals surface area contributed by atoms with Gasteiger partial charge in [0.2, 0.25) is 0 Å². The van der Waals surface area contributed by atoms with Crippen LogP contribution in [0.1, 0.15) is 41.4 Å². The van der Waals surface area contributed by atoms with Gasteiger partial charge in [0.05, 0.1) is 0 Å². The number of hydrogen-bond acceptors (Lipinski definition) is 4. The van der Waals surface area contributed by atoms with Crippen LogP contribution < -0.4 is 5.32 Å². The van der Waals surface area contributed by atoms with Gasteiger partial charge in [0.1, 0.15) is 11.4 Å². The van der Waals surface area contributed by atoms with E-state index in [0.717, 1.165) is 30.5 Å². The molecule has 0 saturated carbocycles. The van der Waals surface area contributed by atoms with Gasteiger partial charge in [0, 0.05) is 18.3 Å². The fraction of sp³-hybridized carbons (Fsp3) is 0.538. The zero-order valence-corrected chi connectivity index (χ0v) is 10.4. The number of carboxylic acids is 1. The molecule has 1 aromatic heterocycles. The average Bonchev–Trinajstić information content (AvgIpc) is 2.74. The molecule has 0 bridgehead atoms. The van der Waals surface area contributed by atoms with E-state index in [1.54, 1.807) is 6.07 Å². The maximum absolute atomic E-state index is 11.2.